The highest BCUT2D eigenvalue weighted by molar-refractivity contribution is 5.92. The lowest BCUT2D eigenvalue weighted by molar-refractivity contribution is -0.121. The molecule has 1 aliphatic carbocycles. The molecule has 0 aromatic heterocycles. The normalized spacial score (nSPS) is 13.2. The number of rotatable bonds is 7. The van der Waals surface area contributed by atoms with E-state index >= 15 is 0 Å². The van der Waals surface area contributed by atoms with Gasteiger partial charge in [0.25, 0.3) is 0 Å². The van der Waals surface area contributed by atoms with Crippen molar-refractivity contribution in [3.63, 3.8) is 0 Å². The number of nitrogens with one attached hydrogen (secondary N) is 1. The molecule has 1 aliphatic rings. The van der Waals surface area contributed by atoms with Gasteiger partial charge in [-0.2, -0.15) is 0 Å². The molecule has 0 heterocycles. The SMILES string of the molecule is CC(=O)N(CCC(=O)NC1CC1)c1ccc(Oc2ccccc2)cc1. The molecule has 0 saturated heterocycles. The Morgan fingerprint density at radius 1 is 1.04 bits per heavy atom. The second-order valence-electron chi connectivity index (χ2n) is 6.17. The smallest absolute Gasteiger partial charge is 0.223 e. The van der Waals surface area contributed by atoms with Gasteiger partial charge in [0, 0.05) is 31.6 Å². The maximum Gasteiger partial charge on any atom is 0.223 e. The van der Waals surface area contributed by atoms with Crippen LogP contribution < -0.4 is 15.0 Å². The standard InChI is InChI=1S/C20H22N2O3/c1-15(23)22(14-13-20(24)21-16-7-8-16)17-9-11-19(12-10-17)25-18-5-3-2-4-6-18/h2-6,9-12,16H,7-8,13-14H2,1H3,(H,21,24). The van der Waals surface area contributed by atoms with Crippen molar-refractivity contribution in [3.8, 4) is 11.5 Å². The van der Waals surface area contributed by atoms with Crippen molar-refractivity contribution in [1.82, 2.24) is 5.32 Å². The molecule has 0 aliphatic heterocycles. The number of amides is 2. The van der Waals surface area contributed by atoms with Crippen molar-refractivity contribution in [1.29, 1.82) is 0 Å². The van der Waals surface area contributed by atoms with Crippen molar-refractivity contribution in [3.05, 3.63) is 54.6 Å². The van der Waals surface area contributed by atoms with Crippen LogP contribution in [0.4, 0.5) is 5.69 Å². The highest BCUT2D eigenvalue weighted by Gasteiger charge is 2.23. The van der Waals surface area contributed by atoms with E-state index in [-0.39, 0.29) is 11.8 Å². The molecule has 0 atom stereocenters. The monoisotopic (exact) mass is 338 g/mol. The van der Waals surface area contributed by atoms with Gasteiger partial charge in [-0.25, -0.2) is 0 Å². The molecule has 0 unspecified atom stereocenters. The molecule has 1 saturated carbocycles. The zero-order valence-corrected chi connectivity index (χ0v) is 14.3. The maximum atomic E-state index is 11.9. The summed E-state index contributed by atoms with van der Waals surface area (Å²) in [6.45, 7) is 1.87. The van der Waals surface area contributed by atoms with Gasteiger partial charge in [0.2, 0.25) is 11.8 Å². The Bertz CT molecular complexity index is 724. The second kappa shape index (κ2) is 7.83. The van der Waals surface area contributed by atoms with E-state index in [0.29, 0.717) is 24.8 Å². The summed E-state index contributed by atoms with van der Waals surface area (Å²) in [5, 5.41) is 2.94. The summed E-state index contributed by atoms with van der Waals surface area (Å²) in [5.41, 5.74) is 0.757. The molecule has 130 valence electrons. The summed E-state index contributed by atoms with van der Waals surface area (Å²) in [5.74, 6) is 1.37. The molecule has 0 radical (unpaired) electrons. The van der Waals surface area contributed by atoms with Crippen LogP contribution in [0.2, 0.25) is 0 Å². The fourth-order valence-corrected chi connectivity index (χ4v) is 2.53. The van der Waals surface area contributed by atoms with E-state index in [0.717, 1.165) is 24.3 Å². The number of ether oxygens (including phenoxy) is 1. The van der Waals surface area contributed by atoms with Gasteiger partial charge in [-0.15, -0.1) is 0 Å². The third-order valence-corrected chi connectivity index (χ3v) is 4.01. The molecule has 5 nitrogen and oxygen atoms in total. The highest BCUT2D eigenvalue weighted by Crippen LogP contribution is 2.24. The first kappa shape index (κ1) is 17.0. The van der Waals surface area contributed by atoms with Crippen LogP contribution in [-0.4, -0.2) is 24.4 Å². The number of hydrogen-bond acceptors (Lipinski definition) is 3. The number of para-hydroxylation sites is 1. The lowest BCUT2D eigenvalue weighted by Crippen LogP contribution is -2.34. The number of anilines is 1. The average molecular weight is 338 g/mol. The number of carbonyl (C=O) groups is 2. The topological polar surface area (TPSA) is 58.6 Å². The quantitative estimate of drug-likeness (QED) is 0.840. The minimum atomic E-state index is -0.0871. The van der Waals surface area contributed by atoms with Gasteiger partial charge in [-0.05, 0) is 49.2 Å². The van der Waals surface area contributed by atoms with Gasteiger partial charge in [-0.3, -0.25) is 9.59 Å². The van der Waals surface area contributed by atoms with E-state index in [4.69, 9.17) is 4.74 Å². The van der Waals surface area contributed by atoms with Crippen LogP contribution in [-0.2, 0) is 9.59 Å². The molecule has 2 aromatic carbocycles. The van der Waals surface area contributed by atoms with Crippen molar-refractivity contribution in [2.75, 3.05) is 11.4 Å². The largest absolute Gasteiger partial charge is 0.457 e. The minimum absolute atomic E-state index is 0.00205. The third-order valence-electron chi connectivity index (χ3n) is 4.01. The molecule has 1 fully saturated rings. The Hall–Kier alpha value is -2.82. The van der Waals surface area contributed by atoms with E-state index in [1.165, 1.54) is 6.92 Å². The van der Waals surface area contributed by atoms with E-state index in [1.807, 2.05) is 54.6 Å². The van der Waals surface area contributed by atoms with Crippen molar-refractivity contribution >= 4 is 17.5 Å². The molecule has 2 aromatic rings. The minimum Gasteiger partial charge on any atom is -0.457 e. The van der Waals surface area contributed by atoms with Gasteiger partial charge < -0.3 is 15.0 Å². The van der Waals surface area contributed by atoms with Gasteiger partial charge in [-0.1, -0.05) is 18.2 Å². The summed E-state index contributed by atoms with van der Waals surface area (Å²) in [7, 11) is 0. The van der Waals surface area contributed by atoms with Crippen molar-refractivity contribution in [2.24, 2.45) is 0 Å². The Kier molecular flexibility index (Phi) is 5.33. The van der Waals surface area contributed by atoms with E-state index in [9.17, 15) is 9.59 Å². The van der Waals surface area contributed by atoms with Gasteiger partial charge in [0.1, 0.15) is 11.5 Å². The predicted octanol–water partition coefficient (Wildman–Crippen LogP) is 3.50. The fourth-order valence-electron chi connectivity index (χ4n) is 2.53. The lowest BCUT2D eigenvalue weighted by atomic mass is 10.2. The third kappa shape index (κ3) is 5.08. The number of carbonyl (C=O) groups excluding carboxylic acids is 2. The summed E-state index contributed by atoms with van der Waals surface area (Å²) < 4.78 is 5.75. The first-order valence-corrected chi connectivity index (χ1v) is 8.52. The first-order valence-electron chi connectivity index (χ1n) is 8.52. The molecule has 0 bridgehead atoms. The Balaban J connectivity index is 1.60. The van der Waals surface area contributed by atoms with E-state index in [1.54, 1.807) is 4.90 Å². The zero-order valence-electron chi connectivity index (χ0n) is 14.3. The van der Waals surface area contributed by atoms with Crippen LogP contribution in [0.25, 0.3) is 0 Å². The molecule has 5 heteroatoms. The number of nitrogens with zero attached hydrogens (tertiary/aromatic N) is 1. The van der Waals surface area contributed by atoms with Crippen LogP contribution >= 0.6 is 0 Å². The summed E-state index contributed by atoms with van der Waals surface area (Å²) in [6, 6.07) is 17.2. The van der Waals surface area contributed by atoms with E-state index in [2.05, 4.69) is 5.32 Å². The molecular formula is C20H22N2O3. The lowest BCUT2D eigenvalue weighted by Gasteiger charge is -2.21. The summed E-state index contributed by atoms with van der Waals surface area (Å²) >= 11 is 0. The molecule has 2 amide bonds. The number of hydrogen-bond donors (Lipinski definition) is 1. The summed E-state index contributed by atoms with van der Waals surface area (Å²) in [6.07, 6.45) is 2.43. The van der Waals surface area contributed by atoms with Crippen LogP contribution in [0.1, 0.15) is 26.2 Å². The van der Waals surface area contributed by atoms with Gasteiger partial charge >= 0.3 is 0 Å². The Morgan fingerprint density at radius 2 is 1.68 bits per heavy atom. The molecule has 25 heavy (non-hydrogen) atoms. The van der Waals surface area contributed by atoms with E-state index < -0.39 is 0 Å². The first-order chi connectivity index (χ1) is 12.1. The molecule has 1 N–H and O–H groups in total. The molecule has 3 rings (SSSR count). The van der Waals surface area contributed by atoms with Crippen LogP contribution in [0, 0.1) is 0 Å². The summed E-state index contributed by atoms with van der Waals surface area (Å²) in [4.78, 5) is 25.4. The second-order valence-corrected chi connectivity index (χ2v) is 6.17. The zero-order chi connectivity index (χ0) is 17.6. The van der Waals surface area contributed by atoms with Crippen molar-refractivity contribution in [2.45, 2.75) is 32.2 Å². The fraction of sp³-hybridized carbons (Fsp3) is 0.300. The maximum absolute atomic E-state index is 11.9. The van der Waals surface area contributed by atoms with Crippen LogP contribution in [0.15, 0.2) is 54.6 Å². The predicted molar refractivity (Wildman–Crippen MR) is 96.8 cm³/mol. The highest BCUT2D eigenvalue weighted by atomic mass is 16.5. The molecule has 0 spiro atoms. The van der Waals surface area contributed by atoms with Crippen LogP contribution in [0.5, 0.6) is 11.5 Å². The van der Waals surface area contributed by atoms with Gasteiger partial charge in [0.05, 0.1) is 0 Å². The molecular weight excluding hydrogens is 316 g/mol. The van der Waals surface area contributed by atoms with Gasteiger partial charge in [0.15, 0.2) is 0 Å². The number of benzene rings is 2. The Labute approximate surface area is 147 Å². The van der Waals surface area contributed by atoms with Crippen LogP contribution in [0.3, 0.4) is 0 Å². The Morgan fingerprint density at radius 3 is 2.28 bits per heavy atom. The van der Waals surface area contributed by atoms with Crippen molar-refractivity contribution < 1.29 is 14.3 Å². The average Bonchev–Trinajstić information content (AvgIpc) is 3.41.